The van der Waals surface area contributed by atoms with Gasteiger partial charge < -0.3 is 10.2 Å². The Labute approximate surface area is 134 Å². The second kappa shape index (κ2) is 7.23. The molecule has 1 aliphatic rings. The Kier molecular flexibility index (Phi) is 5.57. The van der Waals surface area contributed by atoms with Crippen molar-refractivity contribution in [2.75, 3.05) is 26.2 Å². The van der Waals surface area contributed by atoms with Crippen LogP contribution in [0.1, 0.15) is 49.5 Å². The van der Waals surface area contributed by atoms with Gasteiger partial charge in [0.1, 0.15) is 0 Å². The summed E-state index contributed by atoms with van der Waals surface area (Å²) in [4.78, 5) is 18.8. The van der Waals surface area contributed by atoms with Crippen LogP contribution in [0.25, 0.3) is 0 Å². The number of hydrogen-bond acceptors (Lipinski definition) is 3. The fourth-order valence-electron chi connectivity index (χ4n) is 3.15. The molecule has 0 radical (unpaired) electrons. The number of piperidine rings is 1. The molecule has 122 valence electrons. The Bertz CT molecular complexity index is 507. The number of carbonyl (C=O) groups is 1. The molecule has 1 saturated heterocycles. The summed E-state index contributed by atoms with van der Waals surface area (Å²) in [7, 11) is 0. The molecule has 0 unspecified atom stereocenters. The molecule has 0 aromatic carbocycles. The molecule has 1 fully saturated rings. The van der Waals surface area contributed by atoms with Gasteiger partial charge in [0.05, 0.1) is 5.56 Å². The third-order valence-electron chi connectivity index (χ3n) is 3.99. The number of rotatable bonds is 4. The zero-order valence-corrected chi connectivity index (χ0v) is 14.4. The average molecular weight is 303 g/mol. The number of hydrogen-bond donors (Lipinski definition) is 1. The molecule has 2 heterocycles. The summed E-state index contributed by atoms with van der Waals surface area (Å²) in [6.45, 7) is 12.9. The maximum absolute atomic E-state index is 12.2. The van der Waals surface area contributed by atoms with Crippen LogP contribution in [0, 0.1) is 18.3 Å². The molecule has 2 rings (SSSR count). The molecule has 1 N–H and O–H groups in total. The second-order valence-electron chi connectivity index (χ2n) is 7.77. The van der Waals surface area contributed by atoms with E-state index in [-0.39, 0.29) is 5.91 Å². The fourth-order valence-corrected chi connectivity index (χ4v) is 3.15. The van der Waals surface area contributed by atoms with E-state index in [1.807, 2.05) is 13.0 Å². The molecule has 1 aromatic heterocycles. The molecule has 0 bridgehead atoms. The first-order chi connectivity index (χ1) is 10.3. The Morgan fingerprint density at radius 2 is 2.18 bits per heavy atom. The monoisotopic (exact) mass is 303 g/mol. The highest BCUT2D eigenvalue weighted by atomic mass is 16.1. The van der Waals surface area contributed by atoms with Gasteiger partial charge in [0, 0.05) is 32.0 Å². The zero-order valence-electron chi connectivity index (χ0n) is 14.4. The highest BCUT2D eigenvalue weighted by Gasteiger charge is 2.24. The minimum absolute atomic E-state index is 0.0101. The minimum Gasteiger partial charge on any atom is -0.352 e. The van der Waals surface area contributed by atoms with E-state index in [1.54, 1.807) is 12.4 Å². The van der Waals surface area contributed by atoms with Crippen molar-refractivity contribution in [3.63, 3.8) is 0 Å². The molecule has 1 amide bonds. The van der Waals surface area contributed by atoms with E-state index < -0.39 is 0 Å². The lowest BCUT2D eigenvalue weighted by Gasteiger charge is -2.36. The normalized spacial score (nSPS) is 19.9. The standard InChI is InChI=1S/C18H29N3O/c1-14-8-16(11-19-9-14)17(22)20-10-15-6-5-7-21(12-15)13-18(2,3)4/h8-9,11,15H,5-7,10,12-13H2,1-4H3,(H,20,22)/t15-/m1/s1. The first-order valence-electron chi connectivity index (χ1n) is 8.26. The van der Waals surface area contributed by atoms with Crippen LogP contribution in [0.15, 0.2) is 18.5 Å². The smallest absolute Gasteiger partial charge is 0.252 e. The summed E-state index contributed by atoms with van der Waals surface area (Å²) >= 11 is 0. The molecule has 4 nitrogen and oxygen atoms in total. The van der Waals surface area contributed by atoms with Crippen molar-refractivity contribution in [1.29, 1.82) is 0 Å². The molecule has 0 spiro atoms. The Morgan fingerprint density at radius 1 is 1.41 bits per heavy atom. The van der Waals surface area contributed by atoms with Crippen molar-refractivity contribution in [3.05, 3.63) is 29.6 Å². The van der Waals surface area contributed by atoms with Crippen molar-refractivity contribution in [2.45, 2.75) is 40.5 Å². The molecular weight excluding hydrogens is 274 g/mol. The van der Waals surface area contributed by atoms with Crippen LogP contribution in [-0.2, 0) is 0 Å². The summed E-state index contributed by atoms with van der Waals surface area (Å²) < 4.78 is 0. The van der Waals surface area contributed by atoms with Gasteiger partial charge in [-0.3, -0.25) is 9.78 Å². The summed E-state index contributed by atoms with van der Waals surface area (Å²) in [5.74, 6) is 0.543. The predicted molar refractivity (Wildman–Crippen MR) is 89.9 cm³/mol. The van der Waals surface area contributed by atoms with Crippen molar-refractivity contribution in [2.24, 2.45) is 11.3 Å². The fraction of sp³-hybridized carbons (Fsp3) is 0.667. The van der Waals surface area contributed by atoms with Crippen LogP contribution in [-0.4, -0.2) is 42.0 Å². The van der Waals surface area contributed by atoms with Crippen molar-refractivity contribution < 1.29 is 4.79 Å². The Balaban J connectivity index is 1.82. The molecule has 1 aromatic rings. The van der Waals surface area contributed by atoms with Gasteiger partial charge >= 0.3 is 0 Å². The van der Waals surface area contributed by atoms with Gasteiger partial charge in [0.25, 0.3) is 5.91 Å². The number of aromatic nitrogens is 1. The molecule has 0 saturated carbocycles. The quantitative estimate of drug-likeness (QED) is 0.930. The number of pyridine rings is 1. The van der Waals surface area contributed by atoms with Crippen LogP contribution >= 0.6 is 0 Å². The topological polar surface area (TPSA) is 45.2 Å². The first-order valence-corrected chi connectivity index (χ1v) is 8.26. The van der Waals surface area contributed by atoms with E-state index in [0.717, 1.165) is 25.2 Å². The van der Waals surface area contributed by atoms with Crippen molar-refractivity contribution in [1.82, 2.24) is 15.2 Å². The lowest BCUT2D eigenvalue weighted by molar-refractivity contribution is 0.0917. The van der Waals surface area contributed by atoms with Crippen LogP contribution in [0.2, 0.25) is 0 Å². The van der Waals surface area contributed by atoms with E-state index in [2.05, 4.69) is 36.0 Å². The highest BCUT2D eigenvalue weighted by molar-refractivity contribution is 5.93. The van der Waals surface area contributed by atoms with Gasteiger partial charge in [-0.15, -0.1) is 0 Å². The summed E-state index contributed by atoms with van der Waals surface area (Å²) in [6.07, 6.45) is 5.83. The van der Waals surface area contributed by atoms with Gasteiger partial charge in [-0.05, 0) is 49.3 Å². The largest absolute Gasteiger partial charge is 0.352 e. The van der Waals surface area contributed by atoms with Crippen LogP contribution < -0.4 is 5.32 Å². The number of likely N-dealkylation sites (tertiary alicyclic amines) is 1. The Morgan fingerprint density at radius 3 is 2.86 bits per heavy atom. The number of carbonyl (C=O) groups excluding carboxylic acids is 1. The SMILES string of the molecule is Cc1cncc(C(=O)NC[C@H]2CCCN(CC(C)(C)C)C2)c1. The second-order valence-corrected chi connectivity index (χ2v) is 7.77. The molecule has 4 heteroatoms. The molecule has 1 atom stereocenters. The van der Waals surface area contributed by atoms with E-state index in [0.29, 0.717) is 16.9 Å². The number of nitrogens with one attached hydrogen (secondary N) is 1. The third-order valence-corrected chi connectivity index (χ3v) is 3.99. The summed E-state index contributed by atoms with van der Waals surface area (Å²) in [6, 6.07) is 1.88. The van der Waals surface area contributed by atoms with E-state index in [9.17, 15) is 4.79 Å². The van der Waals surface area contributed by atoms with Crippen molar-refractivity contribution >= 4 is 5.91 Å². The molecule has 0 aliphatic carbocycles. The maximum Gasteiger partial charge on any atom is 0.252 e. The van der Waals surface area contributed by atoms with Gasteiger partial charge in [0.15, 0.2) is 0 Å². The predicted octanol–water partition coefficient (Wildman–Crippen LogP) is 2.88. The lowest BCUT2D eigenvalue weighted by atomic mass is 9.92. The zero-order chi connectivity index (χ0) is 16.2. The Hall–Kier alpha value is -1.42. The van der Waals surface area contributed by atoms with Gasteiger partial charge in [0.2, 0.25) is 0 Å². The number of nitrogens with zero attached hydrogens (tertiary/aromatic N) is 2. The third kappa shape index (κ3) is 5.41. The minimum atomic E-state index is -0.0101. The average Bonchev–Trinajstić information content (AvgIpc) is 2.43. The first kappa shape index (κ1) is 16.9. The highest BCUT2D eigenvalue weighted by Crippen LogP contribution is 2.21. The van der Waals surface area contributed by atoms with Crippen LogP contribution in [0.4, 0.5) is 0 Å². The summed E-state index contributed by atoms with van der Waals surface area (Å²) in [5.41, 5.74) is 2.00. The van der Waals surface area contributed by atoms with Crippen LogP contribution in [0.3, 0.4) is 0 Å². The molecule has 1 aliphatic heterocycles. The van der Waals surface area contributed by atoms with Gasteiger partial charge in [-0.2, -0.15) is 0 Å². The summed E-state index contributed by atoms with van der Waals surface area (Å²) in [5, 5.41) is 3.07. The van der Waals surface area contributed by atoms with E-state index in [1.165, 1.54) is 19.4 Å². The van der Waals surface area contributed by atoms with Gasteiger partial charge in [-0.1, -0.05) is 20.8 Å². The molecule has 22 heavy (non-hydrogen) atoms. The maximum atomic E-state index is 12.2. The number of aryl methyl sites for hydroxylation is 1. The van der Waals surface area contributed by atoms with E-state index in [4.69, 9.17) is 0 Å². The number of amides is 1. The van der Waals surface area contributed by atoms with E-state index >= 15 is 0 Å². The van der Waals surface area contributed by atoms with Crippen molar-refractivity contribution in [3.8, 4) is 0 Å². The van der Waals surface area contributed by atoms with Crippen LogP contribution in [0.5, 0.6) is 0 Å². The molecular formula is C18H29N3O. The van der Waals surface area contributed by atoms with Gasteiger partial charge in [-0.25, -0.2) is 0 Å². The lowest BCUT2D eigenvalue weighted by Crippen LogP contribution is -2.43.